The van der Waals surface area contributed by atoms with Gasteiger partial charge in [-0.15, -0.1) is 0 Å². The minimum Gasteiger partial charge on any atom is -0.453 e. The molecule has 1 atom stereocenters. The van der Waals surface area contributed by atoms with E-state index in [1.165, 1.54) is 7.11 Å². The van der Waals surface area contributed by atoms with Gasteiger partial charge in [-0.05, 0) is 11.1 Å². The molecule has 0 radical (unpaired) electrons. The standard InChI is InChI=1S/C19H23N3O3/c1-25-19(24)22-17(18(23)21-13-12-20)16(14-8-4-2-5-9-14)15-10-6-3-7-11-15/h2-11,16-17H,12-13,20H2,1H3,(H,21,23)(H,22,24)/t17-/m0/s1. The Hall–Kier alpha value is -2.86. The van der Waals surface area contributed by atoms with E-state index in [4.69, 9.17) is 10.5 Å². The first-order valence-electron chi connectivity index (χ1n) is 8.09. The van der Waals surface area contributed by atoms with Crippen molar-refractivity contribution in [2.24, 2.45) is 5.73 Å². The summed E-state index contributed by atoms with van der Waals surface area (Å²) in [4.78, 5) is 24.5. The lowest BCUT2D eigenvalue weighted by Crippen LogP contribution is -2.51. The van der Waals surface area contributed by atoms with Gasteiger partial charge in [-0.1, -0.05) is 60.7 Å². The molecule has 0 aliphatic carbocycles. The van der Waals surface area contributed by atoms with Crippen LogP contribution in [-0.4, -0.2) is 38.2 Å². The summed E-state index contributed by atoms with van der Waals surface area (Å²) in [6, 6.07) is 18.3. The summed E-state index contributed by atoms with van der Waals surface area (Å²) in [6.45, 7) is 0.645. The highest BCUT2D eigenvalue weighted by Crippen LogP contribution is 2.28. The molecule has 0 bridgehead atoms. The lowest BCUT2D eigenvalue weighted by Gasteiger charge is -2.27. The Kier molecular flexibility index (Phi) is 6.98. The third-order valence-corrected chi connectivity index (χ3v) is 3.84. The van der Waals surface area contributed by atoms with E-state index in [2.05, 4.69) is 10.6 Å². The van der Waals surface area contributed by atoms with Crippen molar-refractivity contribution in [2.75, 3.05) is 20.2 Å². The average Bonchev–Trinajstić information content (AvgIpc) is 2.67. The average molecular weight is 341 g/mol. The lowest BCUT2D eigenvalue weighted by molar-refractivity contribution is -0.123. The van der Waals surface area contributed by atoms with Crippen molar-refractivity contribution in [1.29, 1.82) is 0 Å². The van der Waals surface area contributed by atoms with E-state index >= 15 is 0 Å². The molecule has 0 aromatic heterocycles. The zero-order chi connectivity index (χ0) is 18.1. The van der Waals surface area contributed by atoms with Crippen LogP contribution in [0.4, 0.5) is 4.79 Å². The summed E-state index contributed by atoms with van der Waals surface area (Å²) in [6.07, 6.45) is -0.662. The van der Waals surface area contributed by atoms with E-state index in [-0.39, 0.29) is 11.8 Å². The smallest absolute Gasteiger partial charge is 0.407 e. The molecule has 6 heteroatoms. The second-order valence-corrected chi connectivity index (χ2v) is 5.49. The molecular formula is C19H23N3O3. The molecule has 0 unspecified atom stereocenters. The fourth-order valence-electron chi connectivity index (χ4n) is 2.69. The monoisotopic (exact) mass is 341 g/mol. The van der Waals surface area contributed by atoms with Crippen molar-refractivity contribution >= 4 is 12.0 Å². The number of methoxy groups -OCH3 is 1. The highest BCUT2D eigenvalue weighted by Gasteiger charge is 2.32. The summed E-state index contributed by atoms with van der Waals surface area (Å²) in [5.41, 5.74) is 7.31. The zero-order valence-corrected chi connectivity index (χ0v) is 14.1. The van der Waals surface area contributed by atoms with E-state index in [0.717, 1.165) is 11.1 Å². The largest absolute Gasteiger partial charge is 0.453 e. The van der Waals surface area contributed by atoms with Crippen molar-refractivity contribution < 1.29 is 14.3 Å². The van der Waals surface area contributed by atoms with E-state index < -0.39 is 12.1 Å². The fraction of sp³-hybridized carbons (Fsp3) is 0.263. The Bertz CT molecular complexity index is 637. The van der Waals surface area contributed by atoms with Gasteiger partial charge in [0.1, 0.15) is 6.04 Å². The van der Waals surface area contributed by atoms with Crippen LogP contribution in [0.15, 0.2) is 60.7 Å². The molecular weight excluding hydrogens is 318 g/mol. The summed E-state index contributed by atoms with van der Waals surface area (Å²) in [7, 11) is 1.27. The number of hydrogen-bond acceptors (Lipinski definition) is 4. The number of hydrogen-bond donors (Lipinski definition) is 3. The molecule has 2 aromatic rings. The van der Waals surface area contributed by atoms with Crippen LogP contribution in [0, 0.1) is 0 Å². The van der Waals surface area contributed by atoms with E-state index in [0.29, 0.717) is 13.1 Å². The third-order valence-electron chi connectivity index (χ3n) is 3.84. The van der Waals surface area contributed by atoms with Crippen LogP contribution in [0.5, 0.6) is 0 Å². The van der Waals surface area contributed by atoms with Crippen LogP contribution in [0.2, 0.25) is 0 Å². The lowest BCUT2D eigenvalue weighted by atomic mass is 9.84. The highest BCUT2D eigenvalue weighted by molar-refractivity contribution is 5.87. The van der Waals surface area contributed by atoms with Gasteiger partial charge in [0.15, 0.2) is 0 Å². The number of benzene rings is 2. The second-order valence-electron chi connectivity index (χ2n) is 5.49. The molecule has 6 nitrogen and oxygen atoms in total. The molecule has 25 heavy (non-hydrogen) atoms. The number of nitrogens with one attached hydrogen (secondary N) is 2. The molecule has 4 N–H and O–H groups in total. The quantitative estimate of drug-likeness (QED) is 0.713. The number of carbonyl (C=O) groups is 2. The molecule has 132 valence electrons. The minimum absolute atomic E-state index is 0.312. The van der Waals surface area contributed by atoms with Crippen LogP contribution in [0.1, 0.15) is 17.0 Å². The van der Waals surface area contributed by atoms with E-state index in [9.17, 15) is 9.59 Å². The maximum atomic E-state index is 12.7. The van der Waals surface area contributed by atoms with Gasteiger partial charge >= 0.3 is 6.09 Å². The van der Waals surface area contributed by atoms with Gasteiger partial charge in [-0.2, -0.15) is 0 Å². The Morgan fingerprint density at radius 2 is 1.52 bits per heavy atom. The molecule has 2 amide bonds. The molecule has 0 fully saturated rings. The Labute approximate surface area is 147 Å². The molecule has 2 rings (SSSR count). The van der Waals surface area contributed by atoms with Gasteiger partial charge in [0.05, 0.1) is 7.11 Å². The third kappa shape index (κ3) is 5.06. The van der Waals surface area contributed by atoms with Crippen LogP contribution < -0.4 is 16.4 Å². The number of carbonyl (C=O) groups excluding carboxylic acids is 2. The second kappa shape index (κ2) is 9.44. The van der Waals surface area contributed by atoms with Gasteiger partial charge < -0.3 is 21.1 Å². The van der Waals surface area contributed by atoms with Crippen LogP contribution >= 0.6 is 0 Å². The van der Waals surface area contributed by atoms with Gasteiger partial charge in [0.2, 0.25) is 5.91 Å². The number of nitrogens with two attached hydrogens (primary N) is 1. The zero-order valence-electron chi connectivity index (χ0n) is 14.1. The molecule has 0 aliphatic heterocycles. The normalized spacial score (nSPS) is 11.6. The molecule has 2 aromatic carbocycles. The Morgan fingerprint density at radius 1 is 1.00 bits per heavy atom. The SMILES string of the molecule is COC(=O)N[C@H](C(=O)NCCN)C(c1ccccc1)c1ccccc1. The molecule has 0 heterocycles. The van der Waals surface area contributed by atoms with E-state index in [1.807, 2.05) is 60.7 Å². The predicted molar refractivity (Wildman–Crippen MR) is 96.1 cm³/mol. The van der Waals surface area contributed by atoms with Crippen molar-refractivity contribution in [3.8, 4) is 0 Å². The first-order valence-corrected chi connectivity index (χ1v) is 8.09. The Balaban J connectivity index is 2.44. The molecule has 0 aliphatic rings. The molecule has 0 spiro atoms. The summed E-state index contributed by atoms with van der Waals surface area (Å²) in [5.74, 6) is -0.673. The van der Waals surface area contributed by atoms with Crippen LogP contribution in [0.25, 0.3) is 0 Å². The number of rotatable bonds is 7. The number of alkyl carbamates (subject to hydrolysis) is 1. The number of amides is 2. The Morgan fingerprint density at radius 3 is 1.96 bits per heavy atom. The van der Waals surface area contributed by atoms with Gasteiger partial charge in [0.25, 0.3) is 0 Å². The first-order chi connectivity index (χ1) is 12.2. The predicted octanol–water partition coefficient (Wildman–Crippen LogP) is 1.62. The van der Waals surface area contributed by atoms with Crippen LogP contribution in [0.3, 0.4) is 0 Å². The first kappa shape index (κ1) is 18.5. The molecule has 0 saturated carbocycles. The van der Waals surface area contributed by atoms with Crippen LogP contribution in [-0.2, 0) is 9.53 Å². The summed E-state index contributed by atoms with van der Waals surface area (Å²) < 4.78 is 4.70. The van der Waals surface area contributed by atoms with Gasteiger partial charge in [-0.25, -0.2) is 4.79 Å². The van der Waals surface area contributed by atoms with Crippen molar-refractivity contribution in [3.63, 3.8) is 0 Å². The maximum absolute atomic E-state index is 12.7. The van der Waals surface area contributed by atoms with Crippen molar-refractivity contribution in [1.82, 2.24) is 10.6 Å². The molecule has 0 saturated heterocycles. The minimum atomic E-state index is -0.830. The fourth-order valence-corrected chi connectivity index (χ4v) is 2.69. The summed E-state index contributed by atoms with van der Waals surface area (Å²) >= 11 is 0. The maximum Gasteiger partial charge on any atom is 0.407 e. The van der Waals surface area contributed by atoms with Gasteiger partial charge in [-0.3, -0.25) is 4.79 Å². The van der Waals surface area contributed by atoms with Gasteiger partial charge in [0, 0.05) is 19.0 Å². The number of ether oxygens (including phenoxy) is 1. The topological polar surface area (TPSA) is 93.4 Å². The summed E-state index contributed by atoms with van der Waals surface area (Å²) in [5, 5.41) is 5.41. The van der Waals surface area contributed by atoms with Crippen molar-refractivity contribution in [2.45, 2.75) is 12.0 Å². The van der Waals surface area contributed by atoms with Crippen molar-refractivity contribution in [3.05, 3.63) is 71.8 Å². The highest BCUT2D eigenvalue weighted by atomic mass is 16.5. The van der Waals surface area contributed by atoms with E-state index in [1.54, 1.807) is 0 Å².